The van der Waals surface area contributed by atoms with Gasteiger partial charge in [-0.25, -0.2) is 4.39 Å². The number of Topliss-reactive ketones (excluding diaryl/α,β-unsaturated/α-hetero) is 1. The van der Waals surface area contributed by atoms with Crippen molar-refractivity contribution < 1.29 is 9.18 Å². The maximum atomic E-state index is 13.6. The molecule has 0 aromatic heterocycles. The maximum Gasteiger partial charge on any atom is 0.165 e. The molecule has 1 aliphatic rings. The van der Waals surface area contributed by atoms with Crippen molar-refractivity contribution in [2.45, 2.75) is 38.5 Å². The van der Waals surface area contributed by atoms with Crippen molar-refractivity contribution >= 4 is 21.7 Å². The third-order valence-corrected chi connectivity index (χ3v) is 3.98. The molecule has 3 heteroatoms. The lowest BCUT2D eigenvalue weighted by atomic mass is 9.97. The molecule has 1 nitrogen and oxygen atoms in total. The van der Waals surface area contributed by atoms with Crippen LogP contribution in [0.4, 0.5) is 4.39 Å². The fourth-order valence-electron chi connectivity index (χ4n) is 2.48. The highest BCUT2D eigenvalue weighted by atomic mass is 79.9. The van der Waals surface area contributed by atoms with E-state index >= 15 is 0 Å². The minimum atomic E-state index is -0.421. The standard InChI is InChI=1S/C14H16BrFO/c15-11-6-7-12(13(16)9-11)14(17)8-5-10-3-1-2-4-10/h6-7,9-10H,1-5,8H2. The molecule has 0 bridgehead atoms. The molecule has 0 aliphatic heterocycles. The molecular weight excluding hydrogens is 283 g/mol. The van der Waals surface area contributed by atoms with E-state index in [0.29, 0.717) is 16.8 Å². The van der Waals surface area contributed by atoms with E-state index < -0.39 is 5.82 Å². The number of rotatable bonds is 4. The number of hydrogen-bond donors (Lipinski definition) is 0. The molecule has 0 saturated heterocycles. The van der Waals surface area contributed by atoms with Crippen LogP contribution in [0.2, 0.25) is 0 Å². The van der Waals surface area contributed by atoms with Gasteiger partial charge in [-0.3, -0.25) is 4.79 Å². The minimum Gasteiger partial charge on any atom is -0.294 e. The predicted octanol–water partition coefficient (Wildman–Crippen LogP) is 4.74. The van der Waals surface area contributed by atoms with Gasteiger partial charge in [-0.15, -0.1) is 0 Å². The first-order valence-electron chi connectivity index (χ1n) is 6.15. The number of carbonyl (C=O) groups excluding carboxylic acids is 1. The summed E-state index contributed by atoms with van der Waals surface area (Å²) in [4.78, 5) is 11.9. The molecule has 1 aromatic carbocycles. The van der Waals surface area contributed by atoms with Gasteiger partial charge in [0, 0.05) is 10.9 Å². The smallest absolute Gasteiger partial charge is 0.165 e. The van der Waals surface area contributed by atoms with Crippen LogP contribution in [0.15, 0.2) is 22.7 Å². The van der Waals surface area contributed by atoms with Gasteiger partial charge in [-0.2, -0.15) is 0 Å². The van der Waals surface area contributed by atoms with Gasteiger partial charge in [0.25, 0.3) is 0 Å². The summed E-state index contributed by atoms with van der Waals surface area (Å²) >= 11 is 3.19. The SMILES string of the molecule is O=C(CCC1CCCC1)c1ccc(Br)cc1F. The zero-order valence-electron chi connectivity index (χ0n) is 9.72. The Balaban J connectivity index is 1.94. The molecule has 0 heterocycles. The van der Waals surface area contributed by atoms with Crippen molar-refractivity contribution in [2.75, 3.05) is 0 Å². The van der Waals surface area contributed by atoms with Crippen LogP contribution in [0.3, 0.4) is 0 Å². The van der Waals surface area contributed by atoms with Gasteiger partial charge in [0.05, 0.1) is 5.56 Å². The molecule has 0 radical (unpaired) electrons. The first kappa shape index (κ1) is 12.7. The Hall–Kier alpha value is -0.700. The highest BCUT2D eigenvalue weighted by Gasteiger charge is 2.18. The lowest BCUT2D eigenvalue weighted by Gasteiger charge is -2.08. The van der Waals surface area contributed by atoms with Crippen molar-refractivity contribution in [3.63, 3.8) is 0 Å². The van der Waals surface area contributed by atoms with Gasteiger partial charge in [0.1, 0.15) is 5.82 Å². The highest BCUT2D eigenvalue weighted by Crippen LogP contribution is 2.29. The molecule has 0 unspecified atom stereocenters. The van der Waals surface area contributed by atoms with Crippen molar-refractivity contribution in [3.05, 3.63) is 34.1 Å². The second-order valence-electron chi connectivity index (χ2n) is 4.74. The van der Waals surface area contributed by atoms with Gasteiger partial charge in [-0.05, 0) is 30.5 Å². The lowest BCUT2D eigenvalue weighted by molar-refractivity contribution is 0.0970. The fraction of sp³-hybridized carbons (Fsp3) is 0.500. The molecule has 17 heavy (non-hydrogen) atoms. The van der Waals surface area contributed by atoms with Gasteiger partial charge < -0.3 is 0 Å². The molecule has 1 saturated carbocycles. The number of halogens is 2. The lowest BCUT2D eigenvalue weighted by Crippen LogP contribution is -2.05. The van der Waals surface area contributed by atoms with E-state index in [9.17, 15) is 9.18 Å². The summed E-state index contributed by atoms with van der Waals surface area (Å²) in [5, 5.41) is 0. The summed E-state index contributed by atoms with van der Waals surface area (Å²) in [6, 6.07) is 4.63. The van der Waals surface area contributed by atoms with E-state index in [4.69, 9.17) is 0 Å². The van der Waals surface area contributed by atoms with E-state index in [1.807, 2.05) is 0 Å². The first-order chi connectivity index (χ1) is 8.16. The molecule has 92 valence electrons. The molecule has 1 aromatic rings. The van der Waals surface area contributed by atoms with Crippen LogP contribution in [-0.2, 0) is 0 Å². The number of benzene rings is 1. The molecule has 0 N–H and O–H groups in total. The molecule has 2 rings (SSSR count). The van der Waals surface area contributed by atoms with E-state index in [-0.39, 0.29) is 11.3 Å². The van der Waals surface area contributed by atoms with Crippen molar-refractivity contribution in [3.8, 4) is 0 Å². The number of hydrogen-bond acceptors (Lipinski definition) is 1. The maximum absolute atomic E-state index is 13.6. The highest BCUT2D eigenvalue weighted by molar-refractivity contribution is 9.10. The van der Waals surface area contributed by atoms with Gasteiger partial charge in [0.15, 0.2) is 5.78 Å². The number of carbonyl (C=O) groups is 1. The Morgan fingerprint density at radius 2 is 2.06 bits per heavy atom. The average molecular weight is 299 g/mol. The topological polar surface area (TPSA) is 17.1 Å². The summed E-state index contributed by atoms with van der Waals surface area (Å²) in [6.07, 6.45) is 6.42. The van der Waals surface area contributed by atoms with Gasteiger partial charge in [-0.1, -0.05) is 41.6 Å². The third-order valence-electron chi connectivity index (χ3n) is 3.49. The molecule has 0 amide bonds. The Kier molecular flexibility index (Phi) is 4.32. The van der Waals surface area contributed by atoms with Gasteiger partial charge in [0.2, 0.25) is 0 Å². The van der Waals surface area contributed by atoms with Crippen LogP contribution in [0, 0.1) is 11.7 Å². The van der Waals surface area contributed by atoms with Crippen molar-refractivity contribution in [1.29, 1.82) is 0 Å². The Labute approximate surface area is 110 Å². The second kappa shape index (κ2) is 5.76. The average Bonchev–Trinajstić information content (AvgIpc) is 2.78. The Morgan fingerprint density at radius 1 is 1.35 bits per heavy atom. The van der Waals surface area contributed by atoms with Crippen molar-refractivity contribution in [1.82, 2.24) is 0 Å². The van der Waals surface area contributed by atoms with E-state index in [0.717, 1.165) is 6.42 Å². The summed E-state index contributed by atoms with van der Waals surface area (Å²) in [6.45, 7) is 0. The van der Waals surface area contributed by atoms with E-state index in [1.54, 1.807) is 12.1 Å². The molecule has 1 aliphatic carbocycles. The number of ketones is 1. The van der Waals surface area contributed by atoms with E-state index in [1.165, 1.54) is 31.7 Å². The first-order valence-corrected chi connectivity index (χ1v) is 6.94. The normalized spacial score (nSPS) is 16.4. The second-order valence-corrected chi connectivity index (χ2v) is 5.65. The van der Waals surface area contributed by atoms with Crippen LogP contribution in [0.5, 0.6) is 0 Å². The van der Waals surface area contributed by atoms with Crippen LogP contribution in [-0.4, -0.2) is 5.78 Å². The Bertz CT molecular complexity index is 411. The molecule has 0 spiro atoms. The zero-order valence-corrected chi connectivity index (χ0v) is 11.3. The fourth-order valence-corrected chi connectivity index (χ4v) is 2.82. The summed E-state index contributed by atoms with van der Waals surface area (Å²) < 4.78 is 14.2. The summed E-state index contributed by atoms with van der Waals surface area (Å²) in [7, 11) is 0. The van der Waals surface area contributed by atoms with Gasteiger partial charge >= 0.3 is 0 Å². The van der Waals surface area contributed by atoms with Crippen LogP contribution >= 0.6 is 15.9 Å². The molecule has 0 atom stereocenters. The summed E-state index contributed by atoms with van der Waals surface area (Å²) in [5.74, 6) is 0.190. The van der Waals surface area contributed by atoms with Crippen LogP contribution in [0.1, 0.15) is 48.9 Å². The minimum absolute atomic E-state index is 0.0677. The largest absolute Gasteiger partial charge is 0.294 e. The molecule has 1 fully saturated rings. The summed E-state index contributed by atoms with van der Waals surface area (Å²) in [5.41, 5.74) is 0.228. The monoisotopic (exact) mass is 298 g/mol. The van der Waals surface area contributed by atoms with Crippen LogP contribution < -0.4 is 0 Å². The Morgan fingerprint density at radius 3 is 2.71 bits per heavy atom. The predicted molar refractivity (Wildman–Crippen MR) is 69.6 cm³/mol. The third kappa shape index (κ3) is 3.38. The molecular formula is C14H16BrFO. The quantitative estimate of drug-likeness (QED) is 0.734. The van der Waals surface area contributed by atoms with E-state index in [2.05, 4.69) is 15.9 Å². The van der Waals surface area contributed by atoms with Crippen LogP contribution in [0.25, 0.3) is 0 Å². The van der Waals surface area contributed by atoms with Crippen molar-refractivity contribution in [2.24, 2.45) is 5.92 Å². The zero-order chi connectivity index (χ0) is 12.3.